The van der Waals surface area contributed by atoms with Crippen molar-refractivity contribution in [2.75, 3.05) is 0 Å². The van der Waals surface area contributed by atoms with E-state index in [2.05, 4.69) is 15.9 Å². The Morgan fingerprint density at radius 3 is 2.50 bits per heavy atom. The Bertz CT molecular complexity index is 427. The van der Waals surface area contributed by atoms with Gasteiger partial charge in [-0.25, -0.2) is 0 Å². The molecule has 0 aliphatic heterocycles. The molecule has 1 fully saturated rings. The average molecular weight is 303 g/mol. The van der Waals surface area contributed by atoms with Gasteiger partial charge in [0, 0.05) is 5.92 Å². The van der Waals surface area contributed by atoms with Gasteiger partial charge in [-0.1, -0.05) is 0 Å². The molecule has 0 saturated heterocycles. The van der Waals surface area contributed by atoms with Gasteiger partial charge >= 0.3 is 5.97 Å². The minimum atomic E-state index is -0.775. The molecule has 16 heavy (non-hydrogen) atoms. The fourth-order valence-electron chi connectivity index (χ4n) is 2.09. The smallest absolute Gasteiger partial charge is 0.306 e. The molecule has 3 nitrogen and oxygen atoms in total. The Hall–Kier alpha value is -0.680. The van der Waals surface area contributed by atoms with Crippen LogP contribution in [0.15, 0.2) is 15.9 Å². The van der Waals surface area contributed by atoms with Gasteiger partial charge in [-0.2, -0.15) is 0 Å². The van der Waals surface area contributed by atoms with Gasteiger partial charge in [0.25, 0.3) is 0 Å². The van der Waals surface area contributed by atoms with Crippen LogP contribution >= 0.6 is 27.3 Å². The third kappa shape index (κ3) is 2.35. The molecule has 0 amide bonds. The maximum atomic E-state index is 12.0. The number of hydrogen-bond donors (Lipinski definition) is 1. The lowest BCUT2D eigenvalue weighted by Crippen LogP contribution is -2.13. The number of carboxylic acids is 1. The number of carbonyl (C=O) groups excluding carboxylic acids is 1. The molecule has 1 N–H and O–H groups in total. The van der Waals surface area contributed by atoms with Crippen LogP contribution in [0.5, 0.6) is 0 Å². The number of carbonyl (C=O) groups is 2. The van der Waals surface area contributed by atoms with Crippen LogP contribution in [-0.2, 0) is 4.79 Å². The van der Waals surface area contributed by atoms with Gasteiger partial charge in [0.05, 0.1) is 14.6 Å². The summed E-state index contributed by atoms with van der Waals surface area (Å²) in [5.41, 5.74) is 0. The summed E-state index contributed by atoms with van der Waals surface area (Å²) >= 11 is 4.73. The lowest BCUT2D eigenvalue weighted by molar-refractivity contribution is -0.141. The summed E-state index contributed by atoms with van der Waals surface area (Å²) in [6.45, 7) is 0. The first-order valence-electron chi connectivity index (χ1n) is 5.10. The van der Waals surface area contributed by atoms with Crippen LogP contribution in [0.2, 0.25) is 0 Å². The molecule has 1 aliphatic rings. The van der Waals surface area contributed by atoms with Crippen molar-refractivity contribution in [2.45, 2.75) is 19.3 Å². The first kappa shape index (κ1) is 11.8. The van der Waals surface area contributed by atoms with E-state index in [1.165, 1.54) is 11.3 Å². The van der Waals surface area contributed by atoms with E-state index in [0.29, 0.717) is 19.3 Å². The molecule has 0 aromatic carbocycles. The molecular weight excluding hydrogens is 292 g/mol. The van der Waals surface area contributed by atoms with Crippen molar-refractivity contribution in [3.63, 3.8) is 0 Å². The molecule has 1 aliphatic carbocycles. The number of carboxylic acid groups (broad SMARTS) is 1. The normalized spacial score (nSPS) is 24.6. The monoisotopic (exact) mass is 302 g/mol. The molecule has 2 rings (SSSR count). The van der Waals surface area contributed by atoms with E-state index < -0.39 is 5.97 Å². The van der Waals surface area contributed by atoms with Gasteiger partial charge in [-0.15, -0.1) is 11.3 Å². The molecule has 2 unspecified atom stereocenters. The second-order valence-electron chi connectivity index (χ2n) is 4.01. The molecule has 2 atom stereocenters. The van der Waals surface area contributed by atoms with Gasteiger partial charge in [0.1, 0.15) is 0 Å². The maximum absolute atomic E-state index is 12.0. The van der Waals surface area contributed by atoms with E-state index in [1.807, 2.05) is 6.07 Å². The second-order valence-corrected chi connectivity index (χ2v) is 6.48. The zero-order chi connectivity index (χ0) is 11.7. The Balaban J connectivity index is 2.05. The van der Waals surface area contributed by atoms with Gasteiger partial charge in [0.15, 0.2) is 5.78 Å². The van der Waals surface area contributed by atoms with Crippen LogP contribution in [0.25, 0.3) is 0 Å². The zero-order valence-corrected chi connectivity index (χ0v) is 10.9. The number of hydrogen-bond acceptors (Lipinski definition) is 3. The highest BCUT2D eigenvalue weighted by Crippen LogP contribution is 2.35. The lowest BCUT2D eigenvalue weighted by Gasteiger charge is -2.06. The number of ketones is 1. The molecule has 0 bridgehead atoms. The zero-order valence-electron chi connectivity index (χ0n) is 8.48. The summed E-state index contributed by atoms with van der Waals surface area (Å²) in [5.74, 6) is -1.12. The molecule has 0 spiro atoms. The summed E-state index contributed by atoms with van der Waals surface area (Å²) in [6.07, 6.45) is 1.81. The summed E-state index contributed by atoms with van der Waals surface area (Å²) in [4.78, 5) is 23.5. The van der Waals surface area contributed by atoms with Crippen LogP contribution in [0.4, 0.5) is 0 Å². The number of halogens is 1. The number of thiophene rings is 1. The van der Waals surface area contributed by atoms with Crippen LogP contribution in [0.1, 0.15) is 28.9 Å². The average Bonchev–Trinajstić information content (AvgIpc) is 2.84. The first-order chi connectivity index (χ1) is 7.58. The molecular formula is C11H11BrO3S. The Morgan fingerprint density at radius 2 is 2.00 bits per heavy atom. The topological polar surface area (TPSA) is 54.4 Å². The van der Waals surface area contributed by atoms with Gasteiger partial charge in [-0.05, 0) is 47.3 Å². The minimum Gasteiger partial charge on any atom is -0.481 e. The highest BCUT2D eigenvalue weighted by atomic mass is 79.9. The van der Waals surface area contributed by atoms with E-state index in [9.17, 15) is 9.59 Å². The Morgan fingerprint density at radius 1 is 1.31 bits per heavy atom. The van der Waals surface area contributed by atoms with Crippen molar-refractivity contribution >= 4 is 39.0 Å². The van der Waals surface area contributed by atoms with Crippen LogP contribution in [0, 0.1) is 11.8 Å². The minimum absolute atomic E-state index is 0.0967. The van der Waals surface area contributed by atoms with Crippen LogP contribution < -0.4 is 0 Å². The van der Waals surface area contributed by atoms with E-state index in [1.54, 1.807) is 6.07 Å². The molecule has 0 radical (unpaired) electrons. The van der Waals surface area contributed by atoms with Crippen molar-refractivity contribution in [3.8, 4) is 0 Å². The van der Waals surface area contributed by atoms with E-state index >= 15 is 0 Å². The molecule has 1 heterocycles. The summed E-state index contributed by atoms with van der Waals surface area (Å²) in [7, 11) is 0. The summed E-state index contributed by atoms with van der Waals surface area (Å²) in [6, 6.07) is 3.65. The van der Waals surface area contributed by atoms with E-state index in [-0.39, 0.29) is 17.6 Å². The molecule has 1 aromatic heterocycles. The van der Waals surface area contributed by atoms with Crippen molar-refractivity contribution in [1.82, 2.24) is 0 Å². The highest BCUT2D eigenvalue weighted by molar-refractivity contribution is 9.11. The molecule has 86 valence electrons. The molecule has 1 saturated carbocycles. The number of Topliss-reactive ketones (excluding diaryl/α,β-unsaturated/α-hetero) is 1. The fourth-order valence-corrected chi connectivity index (χ4v) is 3.50. The molecule has 1 aromatic rings. The highest BCUT2D eigenvalue weighted by Gasteiger charge is 2.34. The van der Waals surface area contributed by atoms with E-state index in [0.717, 1.165) is 8.66 Å². The van der Waals surface area contributed by atoms with Gasteiger partial charge in [0.2, 0.25) is 0 Å². The quantitative estimate of drug-likeness (QED) is 0.872. The predicted molar refractivity (Wildman–Crippen MR) is 64.8 cm³/mol. The summed E-state index contributed by atoms with van der Waals surface area (Å²) in [5, 5.41) is 8.87. The Kier molecular flexibility index (Phi) is 3.44. The number of aliphatic carboxylic acids is 1. The third-order valence-electron chi connectivity index (χ3n) is 2.97. The van der Waals surface area contributed by atoms with Crippen LogP contribution in [0.3, 0.4) is 0 Å². The van der Waals surface area contributed by atoms with Gasteiger partial charge in [-0.3, -0.25) is 9.59 Å². The first-order valence-corrected chi connectivity index (χ1v) is 6.71. The van der Waals surface area contributed by atoms with Crippen molar-refractivity contribution in [2.24, 2.45) is 11.8 Å². The summed E-state index contributed by atoms with van der Waals surface area (Å²) < 4.78 is 0.934. The SMILES string of the molecule is O=C(O)C1CCC(C(=O)c2ccc(Br)s2)C1. The molecule has 5 heteroatoms. The van der Waals surface area contributed by atoms with Crippen molar-refractivity contribution in [3.05, 3.63) is 20.8 Å². The second kappa shape index (κ2) is 4.67. The standard InChI is InChI=1S/C11H11BrO3S/c12-9-4-3-8(16-9)10(13)6-1-2-7(5-6)11(14)15/h3-4,6-7H,1-2,5H2,(H,14,15). The van der Waals surface area contributed by atoms with Gasteiger partial charge < -0.3 is 5.11 Å². The predicted octanol–water partition coefficient (Wildman–Crippen LogP) is 3.19. The van der Waals surface area contributed by atoms with Crippen molar-refractivity contribution < 1.29 is 14.7 Å². The van der Waals surface area contributed by atoms with Crippen LogP contribution in [-0.4, -0.2) is 16.9 Å². The maximum Gasteiger partial charge on any atom is 0.306 e. The Labute approximate surface area is 106 Å². The van der Waals surface area contributed by atoms with Crippen molar-refractivity contribution in [1.29, 1.82) is 0 Å². The largest absolute Gasteiger partial charge is 0.481 e. The fraction of sp³-hybridized carbons (Fsp3) is 0.455. The van der Waals surface area contributed by atoms with E-state index in [4.69, 9.17) is 5.11 Å². The number of rotatable bonds is 3. The third-order valence-corrected chi connectivity index (χ3v) is 4.61. The lowest BCUT2D eigenvalue weighted by atomic mass is 9.99.